The first-order chi connectivity index (χ1) is 11.0. The fourth-order valence-corrected chi connectivity index (χ4v) is 3.14. The van der Waals surface area contributed by atoms with Crippen LogP contribution in [0.15, 0.2) is 35.8 Å². The van der Waals surface area contributed by atoms with Gasteiger partial charge in [-0.2, -0.15) is 0 Å². The van der Waals surface area contributed by atoms with E-state index in [0.717, 1.165) is 28.7 Å². The molecule has 4 nitrogen and oxygen atoms in total. The molecule has 1 amide bonds. The number of aryl methyl sites for hydroxylation is 1. The maximum absolute atomic E-state index is 13.2. The minimum atomic E-state index is -1.00. The first-order valence-electron chi connectivity index (χ1n) is 6.82. The lowest BCUT2D eigenvalue weighted by Gasteiger charge is -2.07. The second kappa shape index (κ2) is 5.92. The summed E-state index contributed by atoms with van der Waals surface area (Å²) in [6.45, 7) is 3.69. The Bertz CT molecular complexity index is 872. The molecule has 7 heteroatoms. The number of aromatic nitrogens is 2. The number of halogens is 2. The van der Waals surface area contributed by atoms with Crippen molar-refractivity contribution in [3.8, 4) is 5.13 Å². The van der Waals surface area contributed by atoms with E-state index in [9.17, 15) is 13.6 Å². The Labute approximate surface area is 135 Å². The van der Waals surface area contributed by atoms with Crippen LogP contribution in [-0.2, 0) is 0 Å². The Hall–Kier alpha value is -2.54. The molecule has 0 radical (unpaired) electrons. The van der Waals surface area contributed by atoms with Gasteiger partial charge in [0.2, 0.25) is 0 Å². The molecule has 0 fully saturated rings. The van der Waals surface area contributed by atoms with Gasteiger partial charge in [-0.1, -0.05) is 0 Å². The zero-order chi connectivity index (χ0) is 16.6. The van der Waals surface area contributed by atoms with Crippen molar-refractivity contribution >= 4 is 22.9 Å². The van der Waals surface area contributed by atoms with Gasteiger partial charge in [-0.15, -0.1) is 11.3 Å². The molecule has 118 valence electrons. The summed E-state index contributed by atoms with van der Waals surface area (Å²) in [5.41, 5.74) is 2.26. The summed E-state index contributed by atoms with van der Waals surface area (Å²) in [5, 5.41) is 5.20. The lowest BCUT2D eigenvalue weighted by molar-refractivity contribution is 0.102. The summed E-state index contributed by atoms with van der Waals surface area (Å²) < 4.78 is 28.0. The van der Waals surface area contributed by atoms with Crippen molar-refractivity contribution in [2.24, 2.45) is 0 Å². The van der Waals surface area contributed by atoms with E-state index in [2.05, 4.69) is 10.3 Å². The van der Waals surface area contributed by atoms with Crippen LogP contribution in [0.1, 0.15) is 21.7 Å². The van der Waals surface area contributed by atoms with Gasteiger partial charge in [0, 0.05) is 34.7 Å². The van der Waals surface area contributed by atoms with Crippen LogP contribution in [0.2, 0.25) is 0 Å². The van der Waals surface area contributed by atoms with E-state index in [1.165, 1.54) is 17.4 Å². The van der Waals surface area contributed by atoms with Crippen LogP contribution in [0.5, 0.6) is 0 Å². The third-order valence-corrected chi connectivity index (χ3v) is 4.22. The quantitative estimate of drug-likeness (QED) is 0.785. The molecule has 1 aromatic carbocycles. The molecule has 0 saturated heterocycles. The van der Waals surface area contributed by atoms with Gasteiger partial charge in [0.25, 0.3) is 5.91 Å². The minimum Gasteiger partial charge on any atom is -0.322 e. The van der Waals surface area contributed by atoms with Gasteiger partial charge in [-0.3, -0.25) is 9.36 Å². The Balaban J connectivity index is 1.91. The molecule has 0 aliphatic heterocycles. The number of nitrogens with zero attached hydrogens (tertiary/aromatic N) is 2. The second-order valence-electron chi connectivity index (χ2n) is 5.02. The van der Waals surface area contributed by atoms with Crippen LogP contribution < -0.4 is 5.32 Å². The van der Waals surface area contributed by atoms with Crippen LogP contribution >= 0.6 is 11.3 Å². The van der Waals surface area contributed by atoms with Gasteiger partial charge in [-0.25, -0.2) is 13.8 Å². The van der Waals surface area contributed by atoms with Crippen molar-refractivity contribution < 1.29 is 13.6 Å². The maximum atomic E-state index is 13.2. The van der Waals surface area contributed by atoms with Gasteiger partial charge < -0.3 is 5.32 Å². The molecule has 23 heavy (non-hydrogen) atoms. The van der Waals surface area contributed by atoms with Gasteiger partial charge >= 0.3 is 0 Å². The topological polar surface area (TPSA) is 46.9 Å². The third kappa shape index (κ3) is 2.87. The van der Waals surface area contributed by atoms with Crippen LogP contribution in [0.3, 0.4) is 0 Å². The van der Waals surface area contributed by atoms with E-state index >= 15 is 0 Å². The van der Waals surface area contributed by atoms with Crippen LogP contribution in [0, 0.1) is 25.5 Å². The first-order valence-corrected chi connectivity index (χ1v) is 7.70. The number of carbonyl (C=O) groups excluding carboxylic acids is 1. The Morgan fingerprint density at radius 2 is 2.00 bits per heavy atom. The lowest BCUT2D eigenvalue weighted by Crippen LogP contribution is -2.13. The fourth-order valence-electron chi connectivity index (χ4n) is 2.39. The van der Waals surface area contributed by atoms with Gasteiger partial charge in [0.05, 0.1) is 5.56 Å². The summed E-state index contributed by atoms with van der Waals surface area (Å²) in [5.74, 6) is -2.34. The average molecular weight is 333 g/mol. The molecule has 0 spiro atoms. The standard InChI is InChI=1S/C16H13F2N3OS/c1-9-7-12(10(2)21(9)16-19-5-6-23-16)15(22)20-11-3-4-13(17)14(18)8-11/h3-8H,1-2H3,(H,20,22). The highest BCUT2D eigenvalue weighted by atomic mass is 32.1. The smallest absolute Gasteiger partial charge is 0.257 e. The van der Waals surface area contributed by atoms with Gasteiger partial charge in [-0.05, 0) is 32.0 Å². The number of carbonyl (C=O) groups is 1. The van der Waals surface area contributed by atoms with E-state index in [-0.39, 0.29) is 11.6 Å². The Kier molecular flexibility index (Phi) is 3.96. The highest BCUT2D eigenvalue weighted by Crippen LogP contribution is 2.23. The van der Waals surface area contributed by atoms with Gasteiger partial charge in [0.1, 0.15) is 0 Å². The first kappa shape index (κ1) is 15.4. The molecule has 2 aromatic heterocycles. The van der Waals surface area contributed by atoms with Crippen molar-refractivity contribution in [3.05, 3.63) is 64.4 Å². The summed E-state index contributed by atoms with van der Waals surface area (Å²) in [6.07, 6.45) is 1.69. The Morgan fingerprint density at radius 3 is 2.65 bits per heavy atom. The predicted octanol–water partition coefficient (Wildman–Crippen LogP) is 4.08. The lowest BCUT2D eigenvalue weighted by atomic mass is 10.2. The number of thiazole rings is 1. The second-order valence-corrected chi connectivity index (χ2v) is 5.89. The van der Waals surface area contributed by atoms with E-state index in [4.69, 9.17) is 0 Å². The molecule has 0 bridgehead atoms. The number of anilines is 1. The maximum Gasteiger partial charge on any atom is 0.257 e. The SMILES string of the molecule is Cc1cc(C(=O)Nc2ccc(F)c(F)c2)c(C)n1-c1nccs1. The molecule has 3 aromatic rings. The highest BCUT2D eigenvalue weighted by Gasteiger charge is 2.18. The molecular weight excluding hydrogens is 320 g/mol. The van der Waals surface area contributed by atoms with E-state index in [1.807, 2.05) is 23.8 Å². The highest BCUT2D eigenvalue weighted by molar-refractivity contribution is 7.12. The van der Waals surface area contributed by atoms with Crippen molar-refractivity contribution in [3.63, 3.8) is 0 Å². The summed E-state index contributed by atoms with van der Waals surface area (Å²) in [4.78, 5) is 16.7. The van der Waals surface area contributed by atoms with E-state index in [1.54, 1.807) is 12.3 Å². The number of hydrogen-bond acceptors (Lipinski definition) is 3. The molecule has 0 unspecified atom stereocenters. The number of hydrogen-bond donors (Lipinski definition) is 1. The monoisotopic (exact) mass is 333 g/mol. The van der Waals surface area contributed by atoms with Crippen molar-refractivity contribution in [2.75, 3.05) is 5.32 Å². The van der Waals surface area contributed by atoms with E-state index in [0.29, 0.717) is 5.56 Å². The number of rotatable bonds is 3. The van der Waals surface area contributed by atoms with Crippen LogP contribution in [-0.4, -0.2) is 15.5 Å². The molecular formula is C16H13F2N3OS. The van der Waals surface area contributed by atoms with Crippen molar-refractivity contribution in [1.82, 2.24) is 9.55 Å². The summed E-state index contributed by atoms with van der Waals surface area (Å²) in [6, 6.07) is 4.99. The van der Waals surface area contributed by atoms with Gasteiger partial charge in [0.15, 0.2) is 16.8 Å². The molecule has 3 rings (SSSR count). The molecule has 1 N–H and O–H groups in total. The molecule has 2 heterocycles. The fraction of sp³-hybridized carbons (Fsp3) is 0.125. The molecule has 0 aliphatic carbocycles. The summed E-state index contributed by atoms with van der Waals surface area (Å²) in [7, 11) is 0. The van der Waals surface area contributed by atoms with E-state index < -0.39 is 11.6 Å². The molecule has 0 atom stereocenters. The predicted molar refractivity (Wildman–Crippen MR) is 85.2 cm³/mol. The normalized spacial score (nSPS) is 10.8. The average Bonchev–Trinajstić information content (AvgIpc) is 3.11. The Morgan fingerprint density at radius 1 is 1.22 bits per heavy atom. The third-order valence-electron chi connectivity index (χ3n) is 3.46. The van der Waals surface area contributed by atoms with Crippen molar-refractivity contribution in [2.45, 2.75) is 13.8 Å². The largest absolute Gasteiger partial charge is 0.322 e. The molecule has 0 aliphatic rings. The number of amides is 1. The summed E-state index contributed by atoms with van der Waals surface area (Å²) >= 11 is 1.47. The number of nitrogens with one attached hydrogen (secondary N) is 1. The van der Waals surface area contributed by atoms with Crippen LogP contribution in [0.4, 0.5) is 14.5 Å². The van der Waals surface area contributed by atoms with Crippen LogP contribution in [0.25, 0.3) is 5.13 Å². The number of benzene rings is 1. The zero-order valence-electron chi connectivity index (χ0n) is 12.4. The van der Waals surface area contributed by atoms with Crippen molar-refractivity contribution in [1.29, 1.82) is 0 Å². The zero-order valence-corrected chi connectivity index (χ0v) is 13.2. The minimum absolute atomic E-state index is 0.202. The molecule has 0 saturated carbocycles.